The number of nitrogens with one attached hydrogen (secondary N) is 1. The van der Waals surface area contributed by atoms with Crippen molar-refractivity contribution in [1.82, 2.24) is 5.32 Å². The Bertz CT molecular complexity index is 760. The van der Waals surface area contributed by atoms with Crippen LogP contribution >= 0.6 is 11.8 Å². The van der Waals surface area contributed by atoms with Crippen LogP contribution in [-0.4, -0.2) is 37.5 Å². The van der Waals surface area contributed by atoms with Crippen molar-refractivity contribution >= 4 is 17.4 Å². The van der Waals surface area contributed by atoms with Crippen LogP contribution in [0.5, 0.6) is 5.75 Å². The molecule has 1 fully saturated rings. The van der Waals surface area contributed by atoms with Gasteiger partial charge in [-0.2, -0.15) is 0 Å². The van der Waals surface area contributed by atoms with E-state index in [1.165, 1.54) is 47.4 Å². The lowest BCUT2D eigenvalue weighted by Crippen LogP contribution is -2.46. The second kappa shape index (κ2) is 7.16. The molecule has 3 nitrogen and oxygen atoms in total. The van der Waals surface area contributed by atoms with E-state index in [0.717, 1.165) is 31.2 Å². The maximum atomic E-state index is 5.84. The fourth-order valence-corrected chi connectivity index (χ4v) is 5.59. The quantitative estimate of drug-likeness (QED) is 0.890. The van der Waals surface area contributed by atoms with Crippen molar-refractivity contribution in [1.29, 1.82) is 0 Å². The number of ether oxygens (including phenoxy) is 1. The highest BCUT2D eigenvalue weighted by atomic mass is 32.2. The van der Waals surface area contributed by atoms with Gasteiger partial charge in [-0.25, -0.2) is 0 Å². The van der Waals surface area contributed by atoms with E-state index in [9.17, 15) is 0 Å². The summed E-state index contributed by atoms with van der Waals surface area (Å²) in [5.74, 6) is 2.13. The minimum atomic E-state index is 0.623. The number of fused-ring (bicyclic) bond motifs is 2. The van der Waals surface area contributed by atoms with E-state index in [0.29, 0.717) is 12.1 Å². The van der Waals surface area contributed by atoms with Crippen LogP contribution in [0.15, 0.2) is 47.4 Å². The summed E-state index contributed by atoms with van der Waals surface area (Å²) >= 11 is 1.95. The molecule has 0 amide bonds. The minimum absolute atomic E-state index is 0.623. The average molecular weight is 367 g/mol. The van der Waals surface area contributed by atoms with Crippen LogP contribution in [0.25, 0.3) is 0 Å². The number of rotatable bonds is 3. The summed E-state index contributed by atoms with van der Waals surface area (Å²) in [5, 5.41) is 3.94. The maximum absolute atomic E-state index is 5.84. The second-order valence-electron chi connectivity index (χ2n) is 7.60. The molecular formula is C22H26N2OS. The molecular weight excluding hydrogens is 340 g/mol. The molecule has 0 radical (unpaired) electrons. The molecule has 5 rings (SSSR count). The van der Waals surface area contributed by atoms with Gasteiger partial charge in [0.05, 0.1) is 17.2 Å². The van der Waals surface area contributed by atoms with E-state index in [-0.39, 0.29) is 0 Å². The number of hydrogen-bond acceptors (Lipinski definition) is 4. The maximum Gasteiger partial charge on any atom is 0.134 e. The molecule has 0 bridgehead atoms. The van der Waals surface area contributed by atoms with E-state index in [1.807, 2.05) is 11.8 Å². The third-order valence-corrected chi connectivity index (χ3v) is 6.97. The number of piperidine rings is 1. The molecule has 0 spiro atoms. The molecule has 0 atom stereocenters. The van der Waals surface area contributed by atoms with Gasteiger partial charge in [-0.3, -0.25) is 0 Å². The van der Waals surface area contributed by atoms with Gasteiger partial charge in [0.15, 0.2) is 0 Å². The highest BCUT2D eigenvalue weighted by Crippen LogP contribution is 2.41. The first-order chi connectivity index (χ1) is 12.9. The van der Waals surface area contributed by atoms with E-state index >= 15 is 0 Å². The molecule has 0 aromatic heterocycles. The molecule has 1 aliphatic carbocycles. The molecule has 0 saturated carbocycles. The summed E-state index contributed by atoms with van der Waals surface area (Å²) < 4.78 is 5.84. The Balaban J connectivity index is 1.20. The van der Waals surface area contributed by atoms with Gasteiger partial charge in [0.1, 0.15) is 5.75 Å². The van der Waals surface area contributed by atoms with Gasteiger partial charge in [-0.1, -0.05) is 30.3 Å². The Morgan fingerprint density at radius 1 is 0.923 bits per heavy atom. The molecule has 2 heterocycles. The molecule has 2 aliphatic heterocycles. The summed E-state index contributed by atoms with van der Waals surface area (Å²) in [6.07, 6.45) is 4.83. The van der Waals surface area contributed by atoms with Crippen molar-refractivity contribution in [2.24, 2.45) is 0 Å². The van der Waals surface area contributed by atoms with E-state index in [2.05, 4.69) is 52.7 Å². The Morgan fingerprint density at radius 2 is 1.69 bits per heavy atom. The zero-order chi connectivity index (χ0) is 17.3. The fourth-order valence-electron chi connectivity index (χ4n) is 4.60. The van der Waals surface area contributed by atoms with Crippen molar-refractivity contribution in [3.8, 4) is 5.75 Å². The van der Waals surface area contributed by atoms with Gasteiger partial charge in [-0.05, 0) is 48.9 Å². The number of benzene rings is 2. The standard InChI is InChI=1S/C22H26N2OS/c1-2-5-17-15-19(14-16(17)4-1)23-18-8-10-24(11-9-18)20-6-3-7-21-22(20)26-13-12-25-21/h1-7,18-19,23H,8-15H2. The molecule has 136 valence electrons. The minimum Gasteiger partial charge on any atom is -0.491 e. The lowest BCUT2D eigenvalue weighted by atomic mass is 10.0. The van der Waals surface area contributed by atoms with Crippen molar-refractivity contribution in [3.05, 3.63) is 53.6 Å². The van der Waals surface area contributed by atoms with Gasteiger partial charge >= 0.3 is 0 Å². The molecule has 1 saturated heterocycles. The predicted octanol–water partition coefficient (Wildman–Crippen LogP) is 3.90. The van der Waals surface area contributed by atoms with Crippen LogP contribution < -0.4 is 15.0 Å². The van der Waals surface area contributed by atoms with Crippen molar-refractivity contribution in [2.45, 2.75) is 42.7 Å². The normalized spacial score (nSPS) is 20.5. The van der Waals surface area contributed by atoms with E-state index < -0.39 is 0 Å². The fraction of sp³-hybridized carbons (Fsp3) is 0.455. The number of thioether (sulfide) groups is 1. The Labute approximate surface area is 160 Å². The summed E-state index contributed by atoms with van der Waals surface area (Å²) in [7, 11) is 0. The summed E-state index contributed by atoms with van der Waals surface area (Å²) in [5.41, 5.74) is 4.45. The number of hydrogen-bond donors (Lipinski definition) is 1. The molecule has 4 heteroatoms. The lowest BCUT2D eigenvalue weighted by molar-refractivity contribution is 0.329. The number of nitrogens with zero attached hydrogens (tertiary/aromatic N) is 1. The third kappa shape index (κ3) is 3.21. The van der Waals surface area contributed by atoms with Crippen molar-refractivity contribution in [2.75, 3.05) is 30.3 Å². The predicted molar refractivity (Wildman–Crippen MR) is 109 cm³/mol. The zero-order valence-corrected chi connectivity index (χ0v) is 15.9. The monoisotopic (exact) mass is 366 g/mol. The van der Waals surface area contributed by atoms with Crippen molar-refractivity contribution < 1.29 is 4.74 Å². The number of anilines is 1. The Hall–Kier alpha value is -1.65. The third-order valence-electron chi connectivity index (χ3n) is 5.90. The highest BCUT2D eigenvalue weighted by Gasteiger charge is 2.27. The Morgan fingerprint density at radius 3 is 2.46 bits per heavy atom. The van der Waals surface area contributed by atoms with Crippen LogP contribution in [0.2, 0.25) is 0 Å². The lowest BCUT2D eigenvalue weighted by Gasteiger charge is -2.36. The zero-order valence-electron chi connectivity index (χ0n) is 15.1. The van der Waals surface area contributed by atoms with Crippen molar-refractivity contribution in [3.63, 3.8) is 0 Å². The van der Waals surface area contributed by atoms with E-state index in [4.69, 9.17) is 4.74 Å². The van der Waals surface area contributed by atoms with Gasteiger partial charge in [-0.15, -0.1) is 11.8 Å². The first-order valence-corrected chi connectivity index (χ1v) is 10.8. The SMILES string of the molecule is c1ccc2c(c1)CC(NC1CCN(c3cccc4c3SCCO4)CC1)C2. The summed E-state index contributed by atoms with van der Waals surface area (Å²) in [4.78, 5) is 3.90. The van der Waals surface area contributed by atoms with Crippen LogP contribution in [0.4, 0.5) is 5.69 Å². The molecule has 0 unspecified atom stereocenters. The average Bonchev–Trinajstić information content (AvgIpc) is 3.10. The van der Waals surface area contributed by atoms with E-state index in [1.54, 1.807) is 0 Å². The molecule has 2 aromatic carbocycles. The summed E-state index contributed by atoms with van der Waals surface area (Å²) in [6, 6.07) is 16.7. The van der Waals surface area contributed by atoms with Crippen LogP contribution in [0.3, 0.4) is 0 Å². The van der Waals surface area contributed by atoms with Gasteiger partial charge < -0.3 is 15.0 Å². The molecule has 3 aliphatic rings. The largest absolute Gasteiger partial charge is 0.491 e. The smallest absolute Gasteiger partial charge is 0.134 e. The van der Waals surface area contributed by atoms with Gasteiger partial charge in [0, 0.05) is 30.9 Å². The first-order valence-electron chi connectivity index (χ1n) is 9.83. The molecule has 2 aromatic rings. The Kier molecular flexibility index (Phi) is 4.55. The first kappa shape index (κ1) is 16.5. The highest BCUT2D eigenvalue weighted by molar-refractivity contribution is 7.99. The topological polar surface area (TPSA) is 24.5 Å². The van der Waals surface area contributed by atoms with Gasteiger partial charge in [0.25, 0.3) is 0 Å². The molecule has 26 heavy (non-hydrogen) atoms. The summed E-state index contributed by atoms with van der Waals surface area (Å²) in [6.45, 7) is 3.10. The van der Waals surface area contributed by atoms with Crippen LogP contribution in [0.1, 0.15) is 24.0 Å². The molecule has 1 N–H and O–H groups in total. The van der Waals surface area contributed by atoms with Crippen LogP contribution in [-0.2, 0) is 12.8 Å². The van der Waals surface area contributed by atoms with Gasteiger partial charge in [0.2, 0.25) is 0 Å². The van der Waals surface area contributed by atoms with Crippen LogP contribution in [0, 0.1) is 0 Å². The second-order valence-corrected chi connectivity index (χ2v) is 8.71.